The zero-order chi connectivity index (χ0) is 16.9. The molecule has 0 aliphatic heterocycles. The molecule has 0 aromatic heterocycles. The van der Waals surface area contributed by atoms with Crippen LogP contribution in [0.3, 0.4) is 0 Å². The highest BCUT2D eigenvalue weighted by Gasteiger charge is 2.05. The highest BCUT2D eigenvalue weighted by molar-refractivity contribution is 5.90. The summed E-state index contributed by atoms with van der Waals surface area (Å²) in [5.41, 5.74) is 7.23. The molecule has 23 heavy (non-hydrogen) atoms. The van der Waals surface area contributed by atoms with Gasteiger partial charge in [-0.15, -0.1) is 0 Å². The van der Waals surface area contributed by atoms with Crippen LogP contribution in [0.15, 0.2) is 18.2 Å². The lowest BCUT2D eigenvalue weighted by Gasteiger charge is -2.08. The molecule has 0 bridgehead atoms. The van der Waals surface area contributed by atoms with Gasteiger partial charge in [-0.1, -0.05) is 64.7 Å². The first-order valence-electron chi connectivity index (χ1n) is 9.01. The number of carboxylic acid groups (broad SMARTS) is 1. The Morgan fingerprint density at radius 2 is 1.52 bits per heavy atom. The second-order valence-electron chi connectivity index (χ2n) is 6.26. The van der Waals surface area contributed by atoms with E-state index < -0.39 is 5.97 Å². The minimum Gasteiger partial charge on any atom is -0.478 e. The molecule has 0 amide bonds. The van der Waals surface area contributed by atoms with E-state index in [1.165, 1.54) is 63.9 Å². The minimum atomic E-state index is -0.945. The molecule has 130 valence electrons. The lowest BCUT2D eigenvalue weighted by molar-refractivity contribution is 0.0697. The zero-order valence-electron chi connectivity index (χ0n) is 14.4. The van der Waals surface area contributed by atoms with Crippen LogP contribution in [0.25, 0.3) is 0 Å². The first kappa shape index (κ1) is 19.3. The molecular weight excluding hydrogens is 288 g/mol. The van der Waals surface area contributed by atoms with Crippen LogP contribution < -0.4 is 11.1 Å². The SMILES string of the molecule is CCCCCCCCCCCCNc1cc(N)cc(C(=O)O)c1. The standard InChI is InChI=1S/C19H32N2O2/c1-2-3-4-5-6-7-8-9-10-11-12-21-18-14-16(19(22)23)13-17(20)15-18/h13-15,21H,2-12,20H2,1H3,(H,22,23). The molecule has 0 aliphatic carbocycles. The molecule has 4 N–H and O–H groups in total. The number of benzene rings is 1. The molecular formula is C19H32N2O2. The number of hydrogen-bond donors (Lipinski definition) is 3. The molecule has 1 rings (SSSR count). The Hall–Kier alpha value is -1.71. The number of nitrogens with two attached hydrogens (primary N) is 1. The average Bonchev–Trinajstić information content (AvgIpc) is 2.52. The Bertz CT molecular complexity index is 461. The van der Waals surface area contributed by atoms with Gasteiger partial charge in [0.15, 0.2) is 0 Å². The maximum atomic E-state index is 11.0. The van der Waals surface area contributed by atoms with E-state index in [-0.39, 0.29) is 5.56 Å². The summed E-state index contributed by atoms with van der Waals surface area (Å²) in [4.78, 5) is 11.0. The second-order valence-corrected chi connectivity index (χ2v) is 6.26. The number of anilines is 2. The van der Waals surface area contributed by atoms with E-state index in [9.17, 15) is 4.79 Å². The Labute approximate surface area is 140 Å². The van der Waals surface area contributed by atoms with Crippen LogP contribution >= 0.6 is 0 Å². The Balaban J connectivity index is 2.06. The summed E-state index contributed by atoms with van der Waals surface area (Å²) in [5.74, 6) is -0.945. The van der Waals surface area contributed by atoms with Gasteiger partial charge in [-0.2, -0.15) is 0 Å². The third kappa shape index (κ3) is 9.11. The van der Waals surface area contributed by atoms with Crippen molar-refractivity contribution >= 4 is 17.3 Å². The van der Waals surface area contributed by atoms with Gasteiger partial charge in [0.05, 0.1) is 5.56 Å². The Morgan fingerprint density at radius 1 is 0.957 bits per heavy atom. The van der Waals surface area contributed by atoms with Crippen molar-refractivity contribution in [2.45, 2.75) is 71.1 Å². The van der Waals surface area contributed by atoms with Crippen molar-refractivity contribution in [3.8, 4) is 0 Å². The van der Waals surface area contributed by atoms with Gasteiger partial charge in [-0.05, 0) is 24.6 Å². The first-order valence-corrected chi connectivity index (χ1v) is 9.01. The third-order valence-corrected chi connectivity index (χ3v) is 4.06. The molecule has 0 unspecified atom stereocenters. The molecule has 0 saturated carbocycles. The number of unbranched alkanes of at least 4 members (excludes halogenated alkanes) is 9. The summed E-state index contributed by atoms with van der Waals surface area (Å²) >= 11 is 0. The summed E-state index contributed by atoms with van der Waals surface area (Å²) in [5, 5.41) is 12.3. The molecule has 4 nitrogen and oxygen atoms in total. The molecule has 1 aromatic carbocycles. The van der Waals surface area contributed by atoms with E-state index in [4.69, 9.17) is 10.8 Å². The van der Waals surface area contributed by atoms with E-state index in [0.717, 1.165) is 18.7 Å². The van der Waals surface area contributed by atoms with Crippen LogP contribution in [-0.4, -0.2) is 17.6 Å². The number of carboxylic acids is 1. The predicted octanol–water partition coefficient (Wildman–Crippen LogP) is 5.30. The minimum absolute atomic E-state index is 0.232. The highest BCUT2D eigenvalue weighted by Crippen LogP contribution is 2.17. The molecule has 1 aromatic rings. The molecule has 0 aliphatic rings. The maximum absolute atomic E-state index is 11.0. The van der Waals surface area contributed by atoms with Crippen LogP contribution in [0.4, 0.5) is 11.4 Å². The van der Waals surface area contributed by atoms with Crippen molar-refractivity contribution in [2.24, 2.45) is 0 Å². The average molecular weight is 320 g/mol. The van der Waals surface area contributed by atoms with Crippen LogP contribution in [0.5, 0.6) is 0 Å². The predicted molar refractivity (Wildman–Crippen MR) is 98.1 cm³/mol. The zero-order valence-corrected chi connectivity index (χ0v) is 14.4. The monoisotopic (exact) mass is 320 g/mol. The molecule has 0 saturated heterocycles. The largest absolute Gasteiger partial charge is 0.478 e. The fourth-order valence-electron chi connectivity index (χ4n) is 2.72. The van der Waals surface area contributed by atoms with Crippen LogP contribution in [0.2, 0.25) is 0 Å². The van der Waals surface area contributed by atoms with Crippen molar-refractivity contribution in [2.75, 3.05) is 17.6 Å². The Kier molecular flexibility index (Phi) is 9.92. The molecule has 4 heteroatoms. The summed E-state index contributed by atoms with van der Waals surface area (Å²) in [6, 6.07) is 4.89. The normalized spacial score (nSPS) is 10.7. The lowest BCUT2D eigenvalue weighted by Crippen LogP contribution is -2.05. The molecule has 0 radical (unpaired) electrons. The Morgan fingerprint density at radius 3 is 2.09 bits per heavy atom. The topological polar surface area (TPSA) is 75.3 Å². The number of nitrogens with one attached hydrogen (secondary N) is 1. The van der Waals surface area contributed by atoms with E-state index in [1.54, 1.807) is 12.1 Å². The van der Waals surface area contributed by atoms with Gasteiger partial charge in [-0.3, -0.25) is 0 Å². The van der Waals surface area contributed by atoms with Gasteiger partial charge in [0.25, 0.3) is 0 Å². The summed E-state index contributed by atoms with van der Waals surface area (Å²) in [6.07, 6.45) is 13.1. The number of hydrogen-bond acceptors (Lipinski definition) is 3. The van der Waals surface area contributed by atoms with Gasteiger partial charge < -0.3 is 16.2 Å². The van der Waals surface area contributed by atoms with E-state index >= 15 is 0 Å². The quantitative estimate of drug-likeness (QED) is 0.340. The number of nitrogen functional groups attached to an aromatic ring is 1. The van der Waals surface area contributed by atoms with E-state index in [1.807, 2.05) is 0 Å². The van der Waals surface area contributed by atoms with Crippen molar-refractivity contribution in [3.05, 3.63) is 23.8 Å². The van der Waals surface area contributed by atoms with Gasteiger partial charge in [-0.25, -0.2) is 4.79 Å². The molecule has 0 fully saturated rings. The number of aromatic carboxylic acids is 1. The fraction of sp³-hybridized carbons (Fsp3) is 0.632. The van der Waals surface area contributed by atoms with Crippen LogP contribution in [0.1, 0.15) is 81.5 Å². The van der Waals surface area contributed by atoms with Gasteiger partial charge >= 0.3 is 5.97 Å². The summed E-state index contributed by atoms with van der Waals surface area (Å²) in [6.45, 7) is 3.11. The smallest absolute Gasteiger partial charge is 0.335 e. The van der Waals surface area contributed by atoms with E-state index in [2.05, 4.69) is 12.2 Å². The van der Waals surface area contributed by atoms with Crippen molar-refractivity contribution < 1.29 is 9.90 Å². The summed E-state index contributed by atoms with van der Waals surface area (Å²) in [7, 11) is 0. The lowest BCUT2D eigenvalue weighted by atomic mass is 10.1. The van der Waals surface area contributed by atoms with Crippen molar-refractivity contribution in [3.63, 3.8) is 0 Å². The van der Waals surface area contributed by atoms with Gasteiger partial charge in [0.2, 0.25) is 0 Å². The van der Waals surface area contributed by atoms with Gasteiger partial charge in [0, 0.05) is 17.9 Å². The maximum Gasteiger partial charge on any atom is 0.335 e. The van der Waals surface area contributed by atoms with Crippen LogP contribution in [0, 0.1) is 0 Å². The fourth-order valence-corrected chi connectivity index (χ4v) is 2.72. The first-order chi connectivity index (χ1) is 11.1. The number of rotatable bonds is 13. The van der Waals surface area contributed by atoms with Gasteiger partial charge in [0.1, 0.15) is 0 Å². The molecule has 0 atom stereocenters. The molecule has 0 heterocycles. The van der Waals surface area contributed by atoms with E-state index in [0.29, 0.717) is 5.69 Å². The summed E-state index contributed by atoms with van der Waals surface area (Å²) < 4.78 is 0. The number of carbonyl (C=O) groups is 1. The van der Waals surface area contributed by atoms with Crippen molar-refractivity contribution in [1.29, 1.82) is 0 Å². The van der Waals surface area contributed by atoms with Crippen LogP contribution in [-0.2, 0) is 0 Å². The second kappa shape index (κ2) is 11.8. The van der Waals surface area contributed by atoms with Crippen molar-refractivity contribution in [1.82, 2.24) is 0 Å². The third-order valence-electron chi connectivity index (χ3n) is 4.06. The molecule has 0 spiro atoms. The highest BCUT2D eigenvalue weighted by atomic mass is 16.4.